The minimum absolute atomic E-state index is 0.0212. The van der Waals surface area contributed by atoms with Crippen LogP contribution in [0.2, 0.25) is 0 Å². The van der Waals surface area contributed by atoms with E-state index in [0.29, 0.717) is 29.8 Å². The quantitative estimate of drug-likeness (QED) is 0.179. The van der Waals surface area contributed by atoms with E-state index in [1.54, 1.807) is 6.07 Å². The highest BCUT2D eigenvalue weighted by Crippen LogP contribution is 2.52. The number of rotatable bonds is 11. The lowest BCUT2D eigenvalue weighted by Crippen LogP contribution is -2.47. The number of hydrogen-bond donors (Lipinski definition) is 2. The van der Waals surface area contributed by atoms with Crippen molar-refractivity contribution in [2.24, 2.45) is 23.7 Å². The van der Waals surface area contributed by atoms with E-state index in [1.807, 2.05) is 18.2 Å². The van der Waals surface area contributed by atoms with E-state index in [9.17, 15) is 10.2 Å². The first-order valence-corrected chi connectivity index (χ1v) is 19.7. The van der Waals surface area contributed by atoms with Crippen LogP contribution in [0.1, 0.15) is 92.7 Å². The monoisotopic (exact) mass is 702 g/mol. The summed E-state index contributed by atoms with van der Waals surface area (Å²) < 4.78 is 26.8. The maximum absolute atomic E-state index is 10.7. The number of fused-ring (bicyclic) bond motifs is 2. The minimum atomic E-state index is -0.162. The number of allylic oxidation sites excluding steroid dienone is 7. The highest BCUT2D eigenvalue weighted by atomic mass is 16.7. The number of para-hydroxylation sites is 1. The molecule has 2 aromatic carbocycles. The highest BCUT2D eigenvalue weighted by molar-refractivity contribution is 5.59. The van der Waals surface area contributed by atoms with Gasteiger partial charge in [-0.05, 0) is 104 Å². The first kappa shape index (κ1) is 35.4. The zero-order valence-electron chi connectivity index (χ0n) is 30.2. The molecule has 6 aliphatic rings. The molecule has 0 aliphatic heterocycles. The Morgan fingerprint density at radius 3 is 2.10 bits per heavy atom. The molecule has 274 valence electrons. The average molecular weight is 703 g/mol. The normalized spacial score (nSPS) is 33.9. The molecule has 0 amide bonds. The molecule has 0 spiro atoms. The highest BCUT2D eigenvalue weighted by Gasteiger charge is 2.48. The molecule has 1 saturated carbocycles. The largest absolute Gasteiger partial charge is 0.512 e. The first-order valence-electron chi connectivity index (χ1n) is 19.7. The van der Waals surface area contributed by atoms with Crippen LogP contribution in [-0.2, 0) is 18.9 Å². The molecule has 2 aromatic rings. The van der Waals surface area contributed by atoms with Crippen LogP contribution in [0.25, 0.3) is 6.08 Å². The van der Waals surface area contributed by atoms with Gasteiger partial charge in [0.1, 0.15) is 19.3 Å². The van der Waals surface area contributed by atoms with E-state index >= 15 is 0 Å². The summed E-state index contributed by atoms with van der Waals surface area (Å²) >= 11 is 0. The average Bonchev–Trinajstić information content (AvgIpc) is 3.19. The maximum atomic E-state index is 10.7. The molecule has 0 heterocycles. The van der Waals surface area contributed by atoms with Crippen molar-refractivity contribution in [1.29, 1.82) is 0 Å². The minimum Gasteiger partial charge on any atom is -0.512 e. The molecule has 0 radical (unpaired) electrons. The number of hydrogen-bond acceptors (Lipinski definition) is 6. The number of aliphatic hydroxyl groups excluding tert-OH is 1. The van der Waals surface area contributed by atoms with E-state index < -0.39 is 0 Å². The molecule has 6 nitrogen and oxygen atoms in total. The summed E-state index contributed by atoms with van der Waals surface area (Å²) in [6.07, 6.45) is 31.2. The number of phenolic OH excluding ortho intramolecular Hbond substituents is 1. The Kier molecular flexibility index (Phi) is 11.3. The van der Waals surface area contributed by atoms with Crippen LogP contribution in [0.15, 0.2) is 115 Å². The maximum Gasteiger partial charge on any atom is 0.147 e. The summed E-state index contributed by atoms with van der Waals surface area (Å²) in [6, 6.07) is 16.4. The zero-order chi connectivity index (χ0) is 35.3. The second-order valence-corrected chi connectivity index (χ2v) is 15.5. The van der Waals surface area contributed by atoms with Gasteiger partial charge in [0, 0.05) is 24.2 Å². The van der Waals surface area contributed by atoms with Gasteiger partial charge in [-0.25, -0.2) is 0 Å². The summed E-state index contributed by atoms with van der Waals surface area (Å²) in [4.78, 5) is 0. The Morgan fingerprint density at radius 2 is 1.27 bits per heavy atom. The van der Waals surface area contributed by atoms with Crippen molar-refractivity contribution >= 4 is 6.08 Å². The van der Waals surface area contributed by atoms with Crippen molar-refractivity contribution in [3.63, 3.8) is 0 Å². The molecule has 0 bridgehead atoms. The summed E-state index contributed by atoms with van der Waals surface area (Å²) in [5.74, 6) is 2.50. The topological polar surface area (TPSA) is 77.4 Å². The van der Waals surface area contributed by atoms with Gasteiger partial charge in [0.15, 0.2) is 0 Å². The van der Waals surface area contributed by atoms with Crippen LogP contribution in [0, 0.1) is 23.7 Å². The van der Waals surface area contributed by atoms with Gasteiger partial charge in [0.05, 0.1) is 30.2 Å². The van der Waals surface area contributed by atoms with Gasteiger partial charge < -0.3 is 29.2 Å². The number of benzene rings is 2. The van der Waals surface area contributed by atoms with Crippen molar-refractivity contribution in [2.75, 3.05) is 13.6 Å². The second-order valence-electron chi connectivity index (χ2n) is 15.5. The second kappa shape index (κ2) is 16.6. The van der Waals surface area contributed by atoms with E-state index in [4.69, 9.17) is 18.9 Å². The molecule has 1 fully saturated rings. The molecule has 6 heteroatoms. The third-order valence-corrected chi connectivity index (χ3v) is 12.7. The van der Waals surface area contributed by atoms with E-state index in [0.717, 1.165) is 68.9 Å². The number of phenols is 1. The van der Waals surface area contributed by atoms with Crippen LogP contribution in [0.3, 0.4) is 0 Å². The van der Waals surface area contributed by atoms with E-state index in [1.165, 1.54) is 11.1 Å². The van der Waals surface area contributed by atoms with Crippen LogP contribution in [0.4, 0.5) is 0 Å². The predicted molar refractivity (Wildman–Crippen MR) is 205 cm³/mol. The molecule has 10 atom stereocenters. The smallest absolute Gasteiger partial charge is 0.147 e. The summed E-state index contributed by atoms with van der Waals surface area (Å²) in [7, 11) is 0. The lowest BCUT2D eigenvalue weighted by atomic mass is 9.59. The summed E-state index contributed by atoms with van der Waals surface area (Å²) in [5, 5.41) is 21.4. The van der Waals surface area contributed by atoms with Crippen molar-refractivity contribution in [3.8, 4) is 5.75 Å². The van der Waals surface area contributed by atoms with Crippen molar-refractivity contribution in [2.45, 2.75) is 100 Å². The fourth-order valence-electron chi connectivity index (χ4n) is 10.1. The predicted octanol–water partition coefficient (Wildman–Crippen LogP) is 10.2. The molecular formula is C46H54O6. The van der Waals surface area contributed by atoms with E-state index in [-0.39, 0.29) is 61.7 Å². The molecule has 6 aliphatic carbocycles. The Labute approximate surface area is 309 Å². The van der Waals surface area contributed by atoms with Crippen LogP contribution in [-0.4, -0.2) is 48.2 Å². The van der Waals surface area contributed by atoms with Crippen molar-refractivity contribution in [1.82, 2.24) is 0 Å². The first-order chi connectivity index (χ1) is 25.7. The van der Waals surface area contributed by atoms with Crippen molar-refractivity contribution < 1.29 is 29.2 Å². The molecular weight excluding hydrogens is 648 g/mol. The van der Waals surface area contributed by atoms with Gasteiger partial charge in [0.25, 0.3) is 0 Å². The van der Waals surface area contributed by atoms with E-state index in [2.05, 4.69) is 85.0 Å². The number of aromatic hydroxyl groups is 1. The number of aliphatic hydroxyl groups is 1. The van der Waals surface area contributed by atoms with Gasteiger partial charge in [-0.1, -0.05) is 103 Å². The lowest BCUT2D eigenvalue weighted by Gasteiger charge is -2.49. The van der Waals surface area contributed by atoms with Crippen molar-refractivity contribution in [3.05, 3.63) is 131 Å². The SMILES string of the molecule is OC1=C(C2CC=CCC2OCOC2C=Cc3ccccc3C2C2C(OCOC3CC=CCC3c3ccccc3O)CCC3CC=CCC32)C=CCC1. The van der Waals surface area contributed by atoms with Crippen LogP contribution in [0.5, 0.6) is 5.75 Å². The molecule has 52 heavy (non-hydrogen) atoms. The van der Waals surface area contributed by atoms with Gasteiger partial charge in [-0.15, -0.1) is 0 Å². The standard InChI is InChI=1S/C46H54O6/c47-39-21-9-5-17-35(39)37-19-7-11-23-41(37)49-29-51-43-27-25-31-13-1-3-15-33(31)45(43)46-34-16-4-2-14-32(34)26-28-44(46)52-30-50-42-24-12-8-20-38(42)36-18-6-10-22-40(36)48/h1-9,11-12,14,16-18,21,26,28,31,33,37-38,41-48H,10,13,15,19-20,22-25,27,29-30H2. The van der Waals surface area contributed by atoms with Gasteiger partial charge >= 0.3 is 0 Å². The molecule has 0 saturated heterocycles. The summed E-state index contributed by atoms with van der Waals surface area (Å²) in [6.45, 7) is 0.419. The Hall–Kier alpha value is -3.68. The zero-order valence-corrected chi connectivity index (χ0v) is 30.2. The van der Waals surface area contributed by atoms with Gasteiger partial charge in [0.2, 0.25) is 0 Å². The molecule has 0 aromatic heterocycles. The molecule has 2 N–H and O–H groups in total. The third-order valence-electron chi connectivity index (χ3n) is 12.7. The van der Waals surface area contributed by atoms with Gasteiger partial charge in [-0.2, -0.15) is 0 Å². The Balaban J connectivity index is 1.01. The fourth-order valence-corrected chi connectivity index (χ4v) is 10.1. The Morgan fingerprint density at radius 1 is 0.596 bits per heavy atom. The molecule has 8 rings (SSSR count). The fraction of sp³-hybridized carbons (Fsp3) is 0.478. The molecule has 10 unspecified atom stereocenters. The van der Waals surface area contributed by atoms with Crippen LogP contribution < -0.4 is 0 Å². The Bertz CT molecular complexity index is 1720. The lowest BCUT2D eigenvalue weighted by molar-refractivity contribution is -0.171. The van der Waals surface area contributed by atoms with Crippen LogP contribution >= 0.6 is 0 Å². The summed E-state index contributed by atoms with van der Waals surface area (Å²) in [5.41, 5.74) is 4.53. The number of ether oxygens (including phenoxy) is 4. The van der Waals surface area contributed by atoms with Gasteiger partial charge in [-0.3, -0.25) is 0 Å². The third kappa shape index (κ3) is 7.54.